The highest BCUT2D eigenvalue weighted by atomic mass is 32.1. The summed E-state index contributed by atoms with van der Waals surface area (Å²) in [5.74, 6) is -1.00. The van der Waals surface area contributed by atoms with Crippen LogP contribution in [0.25, 0.3) is 0 Å². The molecule has 3 heterocycles. The number of carboxylic acid groups (broad SMARTS) is 1. The lowest BCUT2D eigenvalue weighted by Gasteiger charge is -2.23. The van der Waals surface area contributed by atoms with Crippen molar-refractivity contribution < 1.29 is 14.6 Å². The predicted octanol–water partition coefficient (Wildman–Crippen LogP) is 1.91. The highest BCUT2D eigenvalue weighted by Gasteiger charge is 2.24. The molecular weight excluding hydrogens is 240 g/mol. The van der Waals surface area contributed by atoms with Crippen molar-refractivity contribution in [2.45, 2.75) is 19.3 Å². The number of hydrogen-bond donors (Lipinski definition) is 1. The third kappa shape index (κ3) is 1.85. The van der Waals surface area contributed by atoms with Gasteiger partial charge in [0.25, 0.3) is 0 Å². The fourth-order valence-electron chi connectivity index (χ4n) is 1.88. The molecule has 0 aromatic carbocycles. The monoisotopic (exact) mass is 250 g/mol. The normalized spacial score (nSPS) is 18.9. The van der Waals surface area contributed by atoms with Crippen LogP contribution in [0.15, 0.2) is 23.6 Å². The van der Waals surface area contributed by atoms with Gasteiger partial charge < -0.3 is 9.84 Å². The van der Waals surface area contributed by atoms with Crippen LogP contribution in [-0.2, 0) is 17.9 Å². The number of carboxylic acids is 1. The average Bonchev–Trinajstić information content (AvgIpc) is 2.97. The fourth-order valence-corrected chi connectivity index (χ4v) is 2.64. The van der Waals surface area contributed by atoms with Crippen molar-refractivity contribution in [3.63, 3.8) is 0 Å². The topological polar surface area (TPSA) is 64.3 Å². The molecule has 1 aliphatic rings. The number of aromatic nitrogens is 2. The molecule has 1 atom stereocenters. The number of ether oxygens (including phenoxy) is 1. The Bertz CT molecular complexity index is 547. The van der Waals surface area contributed by atoms with E-state index in [0.717, 1.165) is 10.6 Å². The zero-order valence-corrected chi connectivity index (χ0v) is 9.68. The van der Waals surface area contributed by atoms with Crippen LogP contribution in [0.1, 0.15) is 27.2 Å². The van der Waals surface area contributed by atoms with Gasteiger partial charge in [-0.15, -0.1) is 11.3 Å². The summed E-state index contributed by atoms with van der Waals surface area (Å²) in [6.45, 7) is 0.978. The molecule has 0 amide bonds. The van der Waals surface area contributed by atoms with E-state index >= 15 is 0 Å². The van der Waals surface area contributed by atoms with Crippen molar-refractivity contribution in [1.82, 2.24) is 9.78 Å². The van der Waals surface area contributed by atoms with Crippen LogP contribution in [0.2, 0.25) is 0 Å². The van der Waals surface area contributed by atoms with Crippen LogP contribution in [0, 0.1) is 0 Å². The molecule has 17 heavy (non-hydrogen) atoms. The molecule has 0 fully saturated rings. The van der Waals surface area contributed by atoms with Crippen molar-refractivity contribution in [1.29, 1.82) is 0 Å². The van der Waals surface area contributed by atoms with E-state index in [1.165, 1.54) is 0 Å². The van der Waals surface area contributed by atoms with Crippen molar-refractivity contribution in [2.24, 2.45) is 0 Å². The number of carbonyl (C=O) groups is 1. The van der Waals surface area contributed by atoms with E-state index in [9.17, 15) is 4.79 Å². The van der Waals surface area contributed by atoms with Crippen LogP contribution in [-0.4, -0.2) is 20.9 Å². The Morgan fingerprint density at radius 2 is 2.53 bits per heavy atom. The van der Waals surface area contributed by atoms with Crippen molar-refractivity contribution in [3.05, 3.63) is 39.8 Å². The second kappa shape index (κ2) is 3.97. The third-order valence-electron chi connectivity index (χ3n) is 2.71. The summed E-state index contributed by atoms with van der Waals surface area (Å²) in [5.41, 5.74) is 0.894. The van der Waals surface area contributed by atoms with Crippen LogP contribution in [0.3, 0.4) is 0 Å². The maximum atomic E-state index is 10.8. The standard InChI is InChI=1S/C11H10N2O3S/c14-11(15)8-4-7-6-16-9(5-13(7)12-8)10-2-1-3-17-10/h1-4,9H,5-6H2,(H,14,15). The molecule has 2 aromatic rings. The van der Waals surface area contributed by atoms with E-state index in [1.54, 1.807) is 22.1 Å². The van der Waals surface area contributed by atoms with Crippen LogP contribution < -0.4 is 0 Å². The largest absolute Gasteiger partial charge is 0.476 e. The second-order valence-corrected chi connectivity index (χ2v) is 4.80. The Hall–Kier alpha value is -1.66. The quantitative estimate of drug-likeness (QED) is 0.884. The van der Waals surface area contributed by atoms with E-state index in [4.69, 9.17) is 9.84 Å². The molecule has 3 rings (SSSR count). The number of rotatable bonds is 2. The molecule has 2 aromatic heterocycles. The summed E-state index contributed by atoms with van der Waals surface area (Å²) in [6, 6.07) is 5.56. The zero-order chi connectivity index (χ0) is 11.8. The first-order valence-electron chi connectivity index (χ1n) is 5.19. The summed E-state index contributed by atoms with van der Waals surface area (Å²) < 4.78 is 7.42. The summed E-state index contributed by atoms with van der Waals surface area (Å²) in [7, 11) is 0. The molecule has 0 spiro atoms. The molecule has 6 heteroatoms. The molecule has 0 saturated carbocycles. The first kappa shape index (κ1) is 10.5. The number of hydrogen-bond acceptors (Lipinski definition) is 4. The Kier molecular flexibility index (Phi) is 2.45. The van der Waals surface area contributed by atoms with E-state index < -0.39 is 5.97 Å². The highest BCUT2D eigenvalue weighted by molar-refractivity contribution is 7.10. The SMILES string of the molecule is O=C(O)c1cc2n(n1)CC(c1cccs1)OC2. The second-order valence-electron chi connectivity index (χ2n) is 3.82. The molecule has 88 valence electrons. The highest BCUT2D eigenvalue weighted by Crippen LogP contribution is 2.29. The van der Waals surface area contributed by atoms with Crippen molar-refractivity contribution in [3.8, 4) is 0 Å². The van der Waals surface area contributed by atoms with Gasteiger partial charge in [-0.25, -0.2) is 4.79 Å². The van der Waals surface area contributed by atoms with Gasteiger partial charge >= 0.3 is 5.97 Å². The molecule has 0 radical (unpaired) electrons. The minimum Gasteiger partial charge on any atom is -0.476 e. The van der Waals surface area contributed by atoms with Gasteiger partial charge in [0, 0.05) is 4.88 Å². The smallest absolute Gasteiger partial charge is 0.356 e. The average molecular weight is 250 g/mol. The van der Waals surface area contributed by atoms with Crippen LogP contribution >= 0.6 is 11.3 Å². The van der Waals surface area contributed by atoms with Crippen molar-refractivity contribution >= 4 is 17.3 Å². The van der Waals surface area contributed by atoms with Gasteiger partial charge in [-0.1, -0.05) is 6.07 Å². The van der Waals surface area contributed by atoms with E-state index in [-0.39, 0.29) is 11.8 Å². The maximum Gasteiger partial charge on any atom is 0.356 e. The zero-order valence-electron chi connectivity index (χ0n) is 8.87. The minimum atomic E-state index is -1.00. The van der Waals surface area contributed by atoms with E-state index in [1.807, 2.05) is 17.5 Å². The summed E-state index contributed by atoms with van der Waals surface area (Å²) >= 11 is 1.63. The molecule has 0 aliphatic carbocycles. The lowest BCUT2D eigenvalue weighted by Crippen LogP contribution is -2.21. The lowest BCUT2D eigenvalue weighted by molar-refractivity contribution is 0.000952. The van der Waals surface area contributed by atoms with Gasteiger partial charge in [-0.05, 0) is 17.5 Å². The maximum absolute atomic E-state index is 10.8. The van der Waals surface area contributed by atoms with Crippen LogP contribution in [0.5, 0.6) is 0 Å². The van der Waals surface area contributed by atoms with Crippen molar-refractivity contribution in [2.75, 3.05) is 0 Å². The number of nitrogens with zero attached hydrogens (tertiary/aromatic N) is 2. The first-order chi connectivity index (χ1) is 8.24. The summed E-state index contributed by atoms with van der Waals surface area (Å²) in [4.78, 5) is 12.0. The Morgan fingerprint density at radius 3 is 3.24 bits per heavy atom. The van der Waals surface area contributed by atoms with Gasteiger partial charge in [0.15, 0.2) is 5.69 Å². The van der Waals surface area contributed by atoms with Gasteiger partial charge in [-0.3, -0.25) is 4.68 Å². The first-order valence-corrected chi connectivity index (χ1v) is 6.07. The van der Waals surface area contributed by atoms with E-state index in [2.05, 4.69) is 5.10 Å². The third-order valence-corrected chi connectivity index (χ3v) is 3.68. The minimum absolute atomic E-state index is 0.0240. The van der Waals surface area contributed by atoms with Gasteiger partial charge in [-0.2, -0.15) is 5.10 Å². The molecule has 1 unspecified atom stereocenters. The molecule has 0 bridgehead atoms. The molecule has 0 saturated heterocycles. The Morgan fingerprint density at radius 1 is 1.65 bits per heavy atom. The molecular formula is C11H10N2O3S. The van der Waals surface area contributed by atoms with Gasteiger partial charge in [0.1, 0.15) is 6.10 Å². The molecule has 5 nitrogen and oxygen atoms in total. The Labute approximate surface area is 101 Å². The lowest BCUT2D eigenvalue weighted by atomic mass is 10.2. The molecule has 1 aliphatic heterocycles. The number of fused-ring (bicyclic) bond motifs is 1. The van der Waals surface area contributed by atoms with Crippen LogP contribution in [0.4, 0.5) is 0 Å². The molecule has 1 N–H and O–H groups in total. The summed E-state index contributed by atoms with van der Waals surface area (Å²) in [5, 5.41) is 14.9. The van der Waals surface area contributed by atoms with E-state index in [0.29, 0.717) is 13.2 Å². The predicted molar refractivity (Wildman–Crippen MR) is 61.0 cm³/mol. The fraction of sp³-hybridized carbons (Fsp3) is 0.273. The summed E-state index contributed by atoms with van der Waals surface area (Å²) in [6.07, 6.45) is -0.0240. The Balaban J connectivity index is 1.88. The van der Waals surface area contributed by atoms with Gasteiger partial charge in [0.05, 0.1) is 18.8 Å². The van der Waals surface area contributed by atoms with Gasteiger partial charge in [0.2, 0.25) is 0 Å². The number of thiophene rings is 1. The number of aromatic carboxylic acids is 1.